The molecule has 0 heterocycles. The number of nitrogen functional groups attached to an aromatic ring is 1. The molecule has 5 heteroatoms. The second-order valence-corrected chi connectivity index (χ2v) is 4.59. The first-order chi connectivity index (χ1) is 7.45. The molecule has 0 aromatic heterocycles. The molecule has 0 atom stereocenters. The van der Waals surface area contributed by atoms with Crippen LogP contribution in [0.25, 0.3) is 0 Å². The molecule has 1 aromatic carbocycles. The monoisotopic (exact) mass is 249 g/mol. The summed E-state index contributed by atoms with van der Waals surface area (Å²) in [5.74, 6) is 0.698. The van der Waals surface area contributed by atoms with Gasteiger partial charge in [0.1, 0.15) is 0 Å². The van der Waals surface area contributed by atoms with Crippen LogP contribution < -0.4 is 5.73 Å². The van der Waals surface area contributed by atoms with E-state index in [2.05, 4.69) is 0 Å². The van der Waals surface area contributed by atoms with Crippen LogP contribution in [0.4, 0.5) is 18.9 Å². The lowest BCUT2D eigenvalue weighted by molar-refractivity contribution is -0.139. The van der Waals surface area contributed by atoms with Crippen molar-refractivity contribution in [2.45, 2.75) is 30.8 Å². The molecule has 0 amide bonds. The third kappa shape index (κ3) is 3.63. The Morgan fingerprint density at radius 3 is 2.56 bits per heavy atom. The normalized spacial score (nSPS) is 11.8. The fraction of sp³-hybridized carbons (Fsp3) is 0.455. The Kier molecular flexibility index (Phi) is 4.53. The van der Waals surface area contributed by atoms with E-state index >= 15 is 0 Å². The quantitative estimate of drug-likeness (QED) is 0.492. The lowest BCUT2D eigenvalue weighted by Gasteiger charge is -2.12. The summed E-state index contributed by atoms with van der Waals surface area (Å²) in [4.78, 5) is 0.259. The first-order valence-corrected chi connectivity index (χ1v) is 6.03. The van der Waals surface area contributed by atoms with Crippen LogP contribution in [-0.4, -0.2) is 5.75 Å². The van der Waals surface area contributed by atoms with Crippen molar-refractivity contribution >= 4 is 17.4 Å². The molecule has 0 aliphatic carbocycles. The van der Waals surface area contributed by atoms with Crippen molar-refractivity contribution in [3.63, 3.8) is 0 Å². The number of anilines is 1. The number of unbranched alkanes of at least 4 members (excludes halogenated alkanes) is 1. The lowest BCUT2D eigenvalue weighted by atomic mass is 10.2. The summed E-state index contributed by atoms with van der Waals surface area (Å²) in [6, 6.07) is 3.94. The van der Waals surface area contributed by atoms with Gasteiger partial charge in [-0.3, -0.25) is 0 Å². The number of halogens is 3. The van der Waals surface area contributed by atoms with Crippen LogP contribution in [0.3, 0.4) is 0 Å². The van der Waals surface area contributed by atoms with Crippen LogP contribution in [0.15, 0.2) is 23.1 Å². The van der Waals surface area contributed by atoms with Crippen molar-refractivity contribution in [1.82, 2.24) is 0 Å². The predicted octanol–water partition coefficient (Wildman–Crippen LogP) is 4.18. The first-order valence-electron chi connectivity index (χ1n) is 5.04. The minimum Gasteiger partial charge on any atom is -0.399 e. The molecule has 0 bridgehead atoms. The summed E-state index contributed by atoms with van der Waals surface area (Å²) in [6.45, 7) is 2.01. The van der Waals surface area contributed by atoms with Gasteiger partial charge in [-0.1, -0.05) is 13.3 Å². The Morgan fingerprint density at radius 2 is 2.00 bits per heavy atom. The zero-order chi connectivity index (χ0) is 12.2. The Labute approximate surface area is 97.2 Å². The van der Waals surface area contributed by atoms with Gasteiger partial charge in [-0.15, -0.1) is 11.8 Å². The Hall–Kier alpha value is -0.840. The van der Waals surface area contributed by atoms with Crippen LogP contribution in [0.5, 0.6) is 0 Å². The zero-order valence-electron chi connectivity index (χ0n) is 8.97. The molecule has 1 aromatic rings. The molecule has 0 fully saturated rings. The Morgan fingerprint density at radius 1 is 1.31 bits per heavy atom. The fourth-order valence-electron chi connectivity index (χ4n) is 1.22. The van der Waals surface area contributed by atoms with Gasteiger partial charge in [0.15, 0.2) is 0 Å². The van der Waals surface area contributed by atoms with Gasteiger partial charge in [-0.25, -0.2) is 0 Å². The van der Waals surface area contributed by atoms with E-state index in [1.807, 2.05) is 6.92 Å². The highest BCUT2D eigenvalue weighted by Crippen LogP contribution is 2.37. The number of benzene rings is 1. The summed E-state index contributed by atoms with van der Waals surface area (Å²) in [5.41, 5.74) is 4.88. The van der Waals surface area contributed by atoms with Gasteiger partial charge in [0.2, 0.25) is 0 Å². The Balaban J connectivity index is 2.90. The average molecular weight is 249 g/mol. The molecule has 0 saturated carbocycles. The standard InChI is InChI=1S/C11H14F3NS/c1-2-3-6-16-10-5-4-8(15)7-9(10)11(12,13)14/h4-5,7H,2-3,6,15H2,1H3. The van der Waals surface area contributed by atoms with Crippen LogP contribution in [0, 0.1) is 0 Å². The molecule has 0 unspecified atom stereocenters. The van der Waals surface area contributed by atoms with Gasteiger partial charge in [0.25, 0.3) is 0 Å². The maximum Gasteiger partial charge on any atom is 0.417 e. The molecule has 90 valence electrons. The van der Waals surface area contributed by atoms with E-state index in [1.54, 1.807) is 0 Å². The molecular formula is C11H14F3NS. The minimum absolute atomic E-state index is 0.146. The number of hydrogen-bond acceptors (Lipinski definition) is 2. The van der Waals surface area contributed by atoms with Crippen molar-refractivity contribution in [3.8, 4) is 0 Å². The zero-order valence-corrected chi connectivity index (χ0v) is 9.79. The molecule has 0 radical (unpaired) electrons. The van der Waals surface area contributed by atoms with Crippen molar-refractivity contribution in [2.24, 2.45) is 0 Å². The van der Waals surface area contributed by atoms with Crippen LogP contribution in [0.2, 0.25) is 0 Å². The highest BCUT2D eigenvalue weighted by Gasteiger charge is 2.33. The molecule has 0 spiro atoms. The van der Waals surface area contributed by atoms with Crippen molar-refractivity contribution in [2.75, 3.05) is 11.5 Å². The van der Waals surface area contributed by atoms with E-state index in [9.17, 15) is 13.2 Å². The van der Waals surface area contributed by atoms with E-state index in [-0.39, 0.29) is 10.6 Å². The van der Waals surface area contributed by atoms with Crippen LogP contribution in [-0.2, 0) is 6.18 Å². The largest absolute Gasteiger partial charge is 0.417 e. The maximum atomic E-state index is 12.7. The molecule has 0 saturated heterocycles. The summed E-state index contributed by atoms with van der Waals surface area (Å²) >= 11 is 1.23. The molecule has 0 aliphatic heterocycles. The number of rotatable bonds is 4. The van der Waals surface area contributed by atoms with Crippen molar-refractivity contribution < 1.29 is 13.2 Å². The Bertz CT molecular complexity index is 350. The second kappa shape index (κ2) is 5.48. The van der Waals surface area contributed by atoms with Crippen LogP contribution in [0.1, 0.15) is 25.3 Å². The fourth-order valence-corrected chi connectivity index (χ4v) is 2.37. The summed E-state index contributed by atoms with van der Waals surface area (Å²) in [5, 5.41) is 0. The number of hydrogen-bond donors (Lipinski definition) is 1. The predicted molar refractivity (Wildman–Crippen MR) is 61.5 cm³/mol. The molecule has 2 N–H and O–H groups in total. The van der Waals surface area contributed by atoms with E-state index < -0.39 is 11.7 Å². The number of thioether (sulfide) groups is 1. The smallest absolute Gasteiger partial charge is 0.399 e. The van der Waals surface area contributed by atoms with E-state index in [4.69, 9.17) is 5.73 Å². The van der Waals surface area contributed by atoms with Gasteiger partial charge >= 0.3 is 6.18 Å². The van der Waals surface area contributed by atoms with Gasteiger partial charge in [0, 0.05) is 10.6 Å². The van der Waals surface area contributed by atoms with Crippen molar-refractivity contribution in [1.29, 1.82) is 0 Å². The van der Waals surface area contributed by atoms with Gasteiger partial charge in [0.05, 0.1) is 5.56 Å². The van der Waals surface area contributed by atoms with E-state index in [0.29, 0.717) is 5.75 Å². The number of nitrogens with two attached hydrogens (primary N) is 1. The highest BCUT2D eigenvalue weighted by molar-refractivity contribution is 7.99. The molecular weight excluding hydrogens is 235 g/mol. The summed E-state index contributed by atoms with van der Waals surface area (Å²) in [7, 11) is 0. The topological polar surface area (TPSA) is 26.0 Å². The highest BCUT2D eigenvalue weighted by atomic mass is 32.2. The summed E-state index contributed by atoms with van der Waals surface area (Å²) < 4.78 is 38.0. The minimum atomic E-state index is -4.33. The molecule has 16 heavy (non-hydrogen) atoms. The lowest BCUT2D eigenvalue weighted by Crippen LogP contribution is -2.07. The van der Waals surface area contributed by atoms with Gasteiger partial charge < -0.3 is 5.73 Å². The first kappa shape index (κ1) is 13.2. The van der Waals surface area contributed by atoms with Crippen LogP contribution >= 0.6 is 11.8 Å². The summed E-state index contributed by atoms with van der Waals surface area (Å²) in [6.07, 6.45) is -2.44. The van der Waals surface area contributed by atoms with Crippen molar-refractivity contribution in [3.05, 3.63) is 23.8 Å². The van der Waals surface area contributed by atoms with E-state index in [0.717, 1.165) is 18.9 Å². The third-order valence-corrected chi connectivity index (χ3v) is 3.22. The van der Waals surface area contributed by atoms with Gasteiger partial charge in [-0.05, 0) is 30.4 Å². The maximum absolute atomic E-state index is 12.7. The van der Waals surface area contributed by atoms with E-state index in [1.165, 1.54) is 23.9 Å². The molecule has 1 nitrogen and oxygen atoms in total. The second-order valence-electron chi connectivity index (χ2n) is 3.46. The number of alkyl halides is 3. The SMILES string of the molecule is CCCCSc1ccc(N)cc1C(F)(F)F. The van der Waals surface area contributed by atoms with Gasteiger partial charge in [-0.2, -0.15) is 13.2 Å². The molecule has 0 aliphatic rings. The third-order valence-electron chi connectivity index (χ3n) is 2.06. The average Bonchev–Trinajstić information content (AvgIpc) is 2.19. The molecule has 1 rings (SSSR count).